The lowest BCUT2D eigenvalue weighted by molar-refractivity contribution is 1.29. The molecule has 0 saturated heterocycles. The van der Waals surface area contributed by atoms with E-state index in [1.54, 1.807) is 6.20 Å². The molecule has 0 spiro atoms. The molecule has 0 aliphatic rings. The van der Waals surface area contributed by atoms with E-state index >= 15 is 0 Å². The highest BCUT2D eigenvalue weighted by atomic mass is 35.5. The maximum Gasteiger partial charge on any atom is 0.120 e. The van der Waals surface area contributed by atoms with E-state index in [1.165, 1.54) is 0 Å². The van der Waals surface area contributed by atoms with Gasteiger partial charge in [-0.15, -0.1) is 6.42 Å². The van der Waals surface area contributed by atoms with Crippen LogP contribution in [0.5, 0.6) is 0 Å². The van der Waals surface area contributed by atoms with Crippen LogP contribution in [0.2, 0.25) is 5.02 Å². The zero-order valence-electron chi connectivity index (χ0n) is 7.94. The number of rotatable bonds is 1. The minimum Gasteiger partial charge on any atom is -0.247 e. The summed E-state index contributed by atoms with van der Waals surface area (Å²) >= 11 is 5.82. The van der Waals surface area contributed by atoms with Gasteiger partial charge in [0, 0.05) is 16.8 Å². The van der Waals surface area contributed by atoms with Crippen LogP contribution < -0.4 is 0 Å². The Balaban J connectivity index is 2.55. The highest BCUT2D eigenvalue weighted by molar-refractivity contribution is 6.30. The zero-order chi connectivity index (χ0) is 10.7. The van der Waals surface area contributed by atoms with Crippen molar-refractivity contribution in [2.45, 2.75) is 0 Å². The first-order chi connectivity index (χ1) is 7.31. The van der Waals surface area contributed by atoms with Crippen LogP contribution in [0, 0.1) is 12.3 Å². The number of hydrogen-bond donors (Lipinski definition) is 0. The van der Waals surface area contributed by atoms with Crippen molar-refractivity contribution >= 4 is 11.6 Å². The van der Waals surface area contributed by atoms with Gasteiger partial charge in [-0.3, -0.25) is 0 Å². The Bertz CT molecular complexity index is 509. The summed E-state index contributed by atoms with van der Waals surface area (Å²) in [4.78, 5) is 4.13. The summed E-state index contributed by atoms with van der Waals surface area (Å²) in [6, 6.07) is 11.4. The fourth-order valence-corrected chi connectivity index (χ4v) is 1.51. The predicted molar refractivity (Wildman–Crippen MR) is 62.6 cm³/mol. The van der Waals surface area contributed by atoms with Gasteiger partial charge in [-0.1, -0.05) is 29.8 Å². The number of benzene rings is 1. The van der Waals surface area contributed by atoms with Crippen LogP contribution in [0.25, 0.3) is 11.1 Å². The normalized spacial score (nSPS) is 9.60. The average molecular weight is 214 g/mol. The van der Waals surface area contributed by atoms with E-state index in [-0.39, 0.29) is 0 Å². The zero-order valence-corrected chi connectivity index (χ0v) is 8.70. The van der Waals surface area contributed by atoms with Crippen molar-refractivity contribution in [2.75, 3.05) is 0 Å². The molecule has 15 heavy (non-hydrogen) atoms. The molecule has 0 radical (unpaired) electrons. The largest absolute Gasteiger partial charge is 0.247 e. The molecule has 0 atom stereocenters. The van der Waals surface area contributed by atoms with E-state index in [0.29, 0.717) is 10.7 Å². The standard InChI is InChI=1S/C13H8ClN/c1-2-13-12(4-3-9-15-13)10-5-7-11(14)8-6-10/h1,3-9H. The summed E-state index contributed by atoms with van der Waals surface area (Å²) < 4.78 is 0. The molecule has 1 heterocycles. The van der Waals surface area contributed by atoms with Crippen LogP contribution in [0.1, 0.15) is 5.69 Å². The van der Waals surface area contributed by atoms with E-state index in [9.17, 15) is 0 Å². The first-order valence-electron chi connectivity index (χ1n) is 4.49. The fraction of sp³-hybridized carbons (Fsp3) is 0. The van der Waals surface area contributed by atoms with Gasteiger partial charge in [0.25, 0.3) is 0 Å². The average Bonchev–Trinajstić information content (AvgIpc) is 2.30. The van der Waals surface area contributed by atoms with Crippen molar-refractivity contribution in [1.29, 1.82) is 0 Å². The second-order valence-electron chi connectivity index (χ2n) is 3.05. The SMILES string of the molecule is C#Cc1ncccc1-c1ccc(Cl)cc1. The third kappa shape index (κ3) is 2.01. The molecule has 72 valence electrons. The van der Waals surface area contributed by atoms with Crippen molar-refractivity contribution < 1.29 is 0 Å². The van der Waals surface area contributed by atoms with E-state index in [4.69, 9.17) is 18.0 Å². The minimum absolute atomic E-state index is 0.653. The Morgan fingerprint density at radius 3 is 2.53 bits per heavy atom. The molecule has 0 unspecified atom stereocenters. The Kier molecular flexibility index (Phi) is 2.71. The molecule has 2 rings (SSSR count). The van der Waals surface area contributed by atoms with Crippen LogP contribution in [-0.4, -0.2) is 4.98 Å². The van der Waals surface area contributed by atoms with Crippen LogP contribution >= 0.6 is 11.6 Å². The number of terminal acetylenes is 1. The molecule has 2 aromatic rings. The summed E-state index contributed by atoms with van der Waals surface area (Å²) in [6.07, 6.45) is 7.07. The lowest BCUT2D eigenvalue weighted by Gasteiger charge is -2.03. The third-order valence-electron chi connectivity index (χ3n) is 2.10. The molecule has 0 aliphatic carbocycles. The molecule has 1 aromatic heterocycles. The highest BCUT2D eigenvalue weighted by Gasteiger charge is 2.02. The van der Waals surface area contributed by atoms with Crippen LogP contribution in [-0.2, 0) is 0 Å². The molecule has 0 N–H and O–H groups in total. The van der Waals surface area contributed by atoms with Gasteiger partial charge in [-0.2, -0.15) is 0 Å². The number of pyridine rings is 1. The highest BCUT2D eigenvalue weighted by Crippen LogP contribution is 2.23. The van der Waals surface area contributed by atoms with Gasteiger partial charge in [0.15, 0.2) is 0 Å². The molecule has 2 heteroatoms. The third-order valence-corrected chi connectivity index (χ3v) is 2.35. The van der Waals surface area contributed by atoms with Crippen molar-refractivity contribution in [2.24, 2.45) is 0 Å². The minimum atomic E-state index is 0.653. The maximum atomic E-state index is 5.82. The predicted octanol–water partition coefficient (Wildman–Crippen LogP) is 3.38. The van der Waals surface area contributed by atoms with Gasteiger partial charge in [0.1, 0.15) is 5.69 Å². The second-order valence-corrected chi connectivity index (χ2v) is 3.49. The lowest BCUT2D eigenvalue weighted by atomic mass is 10.0. The van der Waals surface area contributed by atoms with Crippen LogP contribution in [0.3, 0.4) is 0 Å². The Labute approximate surface area is 93.7 Å². The molecule has 0 fully saturated rings. The number of nitrogens with zero attached hydrogens (tertiary/aromatic N) is 1. The van der Waals surface area contributed by atoms with Crippen LogP contribution in [0.4, 0.5) is 0 Å². The lowest BCUT2D eigenvalue weighted by Crippen LogP contribution is -1.87. The first-order valence-corrected chi connectivity index (χ1v) is 4.86. The van der Waals surface area contributed by atoms with E-state index < -0.39 is 0 Å². The van der Waals surface area contributed by atoms with Crippen molar-refractivity contribution in [3.8, 4) is 23.5 Å². The van der Waals surface area contributed by atoms with Gasteiger partial charge in [0.2, 0.25) is 0 Å². The molecule has 0 aliphatic heterocycles. The summed E-state index contributed by atoms with van der Waals surface area (Å²) in [5.74, 6) is 2.56. The molecular weight excluding hydrogens is 206 g/mol. The summed E-state index contributed by atoms with van der Waals surface area (Å²) in [5.41, 5.74) is 2.64. The second kappa shape index (κ2) is 4.16. The van der Waals surface area contributed by atoms with E-state index in [0.717, 1.165) is 11.1 Å². The number of halogens is 1. The first kappa shape index (κ1) is 9.76. The maximum absolute atomic E-state index is 5.82. The van der Waals surface area contributed by atoms with Gasteiger partial charge < -0.3 is 0 Å². The Hall–Kier alpha value is -1.78. The van der Waals surface area contributed by atoms with Gasteiger partial charge >= 0.3 is 0 Å². The molecule has 1 aromatic carbocycles. The number of aromatic nitrogens is 1. The monoisotopic (exact) mass is 213 g/mol. The topological polar surface area (TPSA) is 12.9 Å². The van der Waals surface area contributed by atoms with Gasteiger partial charge in [-0.25, -0.2) is 4.98 Å². The molecule has 0 bridgehead atoms. The molecule has 0 saturated carbocycles. The van der Waals surface area contributed by atoms with Crippen LogP contribution in [0.15, 0.2) is 42.6 Å². The summed E-state index contributed by atoms with van der Waals surface area (Å²) in [6.45, 7) is 0. The quantitative estimate of drug-likeness (QED) is 0.662. The van der Waals surface area contributed by atoms with Crippen molar-refractivity contribution in [3.63, 3.8) is 0 Å². The van der Waals surface area contributed by atoms with E-state index in [2.05, 4.69) is 10.9 Å². The van der Waals surface area contributed by atoms with Gasteiger partial charge in [-0.05, 0) is 29.7 Å². The van der Waals surface area contributed by atoms with E-state index in [1.807, 2.05) is 36.4 Å². The fourth-order valence-electron chi connectivity index (χ4n) is 1.38. The summed E-state index contributed by atoms with van der Waals surface area (Å²) in [7, 11) is 0. The molecular formula is C13H8ClN. The Morgan fingerprint density at radius 2 is 1.87 bits per heavy atom. The summed E-state index contributed by atoms with van der Waals surface area (Å²) in [5, 5.41) is 0.713. The smallest absolute Gasteiger partial charge is 0.120 e. The molecule has 0 amide bonds. The number of hydrogen-bond acceptors (Lipinski definition) is 1. The molecule has 1 nitrogen and oxygen atoms in total. The van der Waals surface area contributed by atoms with Crippen molar-refractivity contribution in [3.05, 3.63) is 53.3 Å². The van der Waals surface area contributed by atoms with Crippen molar-refractivity contribution in [1.82, 2.24) is 4.98 Å². The Morgan fingerprint density at radius 1 is 1.13 bits per heavy atom. The van der Waals surface area contributed by atoms with Gasteiger partial charge in [0.05, 0.1) is 0 Å².